The second-order valence-electron chi connectivity index (χ2n) is 5.06. The predicted octanol–water partition coefficient (Wildman–Crippen LogP) is 2.29. The Labute approximate surface area is 130 Å². The van der Waals surface area contributed by atoms with Crippen molar-refractivity contribution >= 4 is 25.6 Å². The van der Waals surface area contributed by atoms with E-state index in [4.69, 9.17) is 10.7 Å². The van der Waals surface area contributed by atoms with Crippen LogP contribution in [0.2, 0.25) is 0 Å². The van der Waals surface area contributed by atoms with Crippen LogP contribution in [-0.2, 0) is 13.8 Å². The fourth-order valence-electron chi connectivity index (χ4n) is 2.22. The molecule has 0 aliphatic carbocycles. The summed E-state index contributed by atoms with van der Waals surface area (Å²) in [6.45, 7) is 7.53. The van der Waals surface area contributed by atoms with Crippen molar-refractivity contribution in [2.24, 2.45) is 0 Å². The highest BCUT2D eigenvalue weighted by Crippen LogP contribution is 2.25. The third kappa shape index (κ3) is 4.44. The van der Waals surface area contributed by atoms with Crippen LogP contribution in [-0.4, -0.2) is 30.7 Å². The van der Waals surface area contributed by atoms with Gasteiger partial charge in [-0.05, 0) is 27.2 Å². The molecule has 0 aliphatic heterocycles. The van der Waals surface area contributed by atoms with Crippen molar-refractivity contribution in [3.63, 3.8) is 0 Å². The van der Waals surface area contributed by atoms with Crippen molar-refractivity contribution in [1.29, 1.82) is 0 Å². The van der Waals surface area contributed by atoms with Crippen molar-refractivity contribution in [3.8, 4) is 0 Å². The monoisotopic (exact) mass is 335 g/mol. The zero-order chi connectivity index (χ0) is 16.2. The Hall–Kier alpha value is -1.08. The summed E-state index contributed by atoms with van der Waals surface area (Å²) in [7, 11) is 1.53. The summed E-state index contributed by atoms with van der Waals surface area (Å²) in [5.74, 6) is -0.185. The molecule has 0 bridgehead atoms. The molecule has 1 heterocycles. The minimum atomic E-state index is -3.87. The number of nitrogens with one attached hydrogen (secondary N) is 1. The number of carbonyl (C=O) groups excluding carboxylic acids is 1. The molecule has 21 heavy (non-hydrogen) atoms. The van der Waals surface area contributed by atoms with Crippen LogP contribution in [0.25, 0.3) is 0 Å². The number of halogens is 1. The van der Waals surface area contributed by atoms with Crippen molar-refractivity contribution in [2.75, 3.05) is 6.54 Å². The molecule has 1 unspecified atom stereocenters. The van der Waals surface area contributed by atoms with Gasteiger partial charge in [0, 0.05) is 17.2 Å². The minimum absolute atomic E-state index is 0.0187. The van der Waals surface area contributed by atoms with Crippen LogP contribution >= 0.6 is 10.7 Å². The Balaban J connectivity index is 2.89. The molecule has 1 amide bonds. The van der Waals surface area contributed by atoms with Crippen LogP contribution in [0.5, 0.6) is 0 Å². The first-order valence-electron chi connectivity index (χ1n) is 6.98. The Morgan fingerprint density at radius 2 is 2.00 bits per heavy atom. The molecule has 120 valence electrons. The molecule has 0 fully saturated rings. The maximum absolute atomic E-state index is 12.1. The Bertz CT molecular complexity index is 610. The second kappa shape index (κ2) is 7.26. The quantitative estimate of drug-likeness (QED) is 0.612. The van der Waals surface area contributed by atoms with Crippen molar-refractivity contribution in [2.45, 2.75) is 57.9 Å². The summed E-state index contributed by atoms with van der Waals surface area (Å²) in [5.41, 5.74) is 0.673. The van der Waals surface area contributed by atoms with E-state index in [1.165, 1.54) is 4.68 Å². The smallest absolute Gasteiger partial charge is 0.264 e. The Kier molecular flexibility index (Phi) is 6.22. The fraction of sp³-hybridized carbons (Fsp3) is 0.692. The molecule has 0 radical (unpaired) electrons. The van der Waals surface area contributed by atoms with Crippen molar-refractivity contribution < 1.29 is 13.2 Å². The number of aryl methyl sites for hydroxylation is 1. The van der Waals surface area contributed by atoms with E-state index in [1.54, 1.807) is 20.8 Å². The molecule has 0 aromatic carbocycles. The molecule has 1 aromatic heterocycles. The fourth-order valence-corrected chi connectivity index (χ4v) is 3.73. The number of unbranched alkanes of at least 4 members (excludes halogenated alkanes) is 2. The second-order valence-corrected chi connectivity index (χ2v) is 7.56. The van der Waals surface area contributed by atoms with Gasteiger partial charge in [-0.15, -0.1) is 0 Å². The Morgan fingerprint density at radius 3 is 2.48 bits per heavy atom. The number of hydrogen-bond acceptors (Lipinski definition) is 4. The molecule has 1 atom stereocenters. The highest BCUT2D eigenvalue weighted by Gasteiger charge is 2.26. The van der Waals surface area contributed by atoms with Gasteiger partial charge in [0.2, 0.25) is 5.91 Å². The van der Waals surface area contributed by atoms with E-state index in [9.17, 15) is 13.2 Å². The number of hydrogen-bond donors (Lipinski definition) is 1. The van der Waals surface area contributed by atoms with Gasteiger partial charge in [0.15, 0.2) is 0 Å². The lowest BCUT2D eigenvalue weighted by molar-refractivity contribution is -0.124. The standard InChI is InChI=1S/C13H22ClN3O3S/c1-5-6-7-8-15-13(18)11(4)17-10(3)12(9(2)16-17)21(14,19)20/h11H,5-8H2,1-4H3,(H,15,18). The SMILES string of the molecule is CCCCCNC(=O)C(C)n1nc(C)c(S(=O)(=O)Cl)c1C. The van der Waals surface area contributed by atoms with Gasteiger partial charge in [-0.2, -0.15) is 5.10 Å². The van der Waals surface area contributed by atoms with E-state index < -0.39 is 15.1 Å². The number of aromatic nitrogens is 2. The maximum atomic E-state index is 12.1. The first kappa shape index (κ1) is 18.0. The predicted molar refractivity (Wildman–Crippen MR) is 82.0 cm³/mol. The summed E-state index contributed by atoms with van der Waals surface area (Å²) in [5, 5.41) is 6.96. The molecule has 0 spiro atoms. The molecule has 1 aromatic rings. The van der Waals surface area contributed by atoms with Crippen molar-refractivity contribution in [3.05, 3.63) is 11.4 Å². The summed E-state index contributed by atoms with van der Waals surface area (Å²) in [4.78, 5) is 12.1. The van der Waals surface area contributed by atoms with E-state index in [0.29, 0.717) is 17.9 Å². The normalized spacial score (nSPS) is 13.2. The number of rotatable bonds is 7. The molecule has 0 saturated heterocycles. The number of carbonyl (C=O) groups is 1. The average molecular weight is 336 g/mol. The van der Waals surface area contributed by atoms with E-state index in [1.807, 2.05) is 0 Å². The van der Waals surface area contributed by atoms with Gasteiger partial charge in [0.25, 0.3) is 9.05 Å². The van der Waals surface area contributed by atoms with Crippen LogP contribution in [0.1, 0.15) is 50.5 Å². The lowest BCUT2D eigenvalue weighted by Gasteiger charge is -2.14. The molecule has 1 N–H and O–H groups in total. The van der Waals surface area contributed by atoms with E-state index in [2.05, 4.69) is 17.3 Å². The van der Waals surface area contributed by atoms with E-state index >= 15 is 0 Å². The van der Waals surface area contributed by atoms with E-state index in [-0.39, 0.29) is 10.8 Å². The first-order valence-corrected chi connectivity index (χ1v) is 9.29. The van der Waals surface area contributed by atoms with Gasteiger partial charge >= 0.3 is 0 Å². The lowest BCUT2D eigenvalue weighted by atomic mass is 10.2. The first-order chi connectivity index (χ1) is 9.70. The summed E-state index contributed by atoms with van der Waals surface area (Å²) >= 11 is 0. The molecule has 1 rings (SSSR count). The molecule has 8 heteroatoms. The third-order valence-corrected chi connectivity index (χ3v) is 4.87. The molecular weight excluding hydrogens is 314 g/mol. The highest BCUT2D eigenvalue weighted by atomic mass is 35.7. The average Bonchev–Trinajstić information content (AvgIpc) is 2.68. The molecule has 6 nitrogen and oxygen atoms in total. The van der Waals surface area contributed by atoms with Gasteiger partial charge < -0.3 is 5.32 Å². The van der Waals surface area contributed by atoms with E-state index in [0.717, 1.165) is 19.3 Å². The molecule has 0 saturated carbocycles. The number of amides is 1. The van der Waals surface area contributed by atoms with Gasteiger partial charge in [0.1, 0.15) is 10.9 Å². The lowest BCUT2D eigenvalue weighted by Crippen LogP contribution is -2.32. The summed E-state index contributed by atoms with van der Waals surface area (Å²) < 4.78 is 24.5. The zero-order valence-corrected chi connectivity index (χ0v) is 14.4. The third-order valence-electron chi connectivity index (χ3n) is 3.33. The summed E-state index contributed by atoms with van der Waals surface area (Å²) in [6, 6.07) is -0.586. The highest BCUT2D eigenvalue weighted by molar-refractivity contribution is 8.13. The van der Waals surface area contributed by atoms with Crippen LogP contribution in [0.4, 0.5) is 0 Å². The van der Waals surface area contributed by atoms with Gasteiger partial charge in [0.05, 0.1) is 11.4 Å². The topological polar surface area (TPSA) is 81.1 Å². The summed E-state index contributed by atoms with van der Waals surface area (Å²) in [6.07, 6.45) is 3.07. The largest absolute Gasteiger partial charge is 0.354 e. The van der Waals surface area contributed by atoms with Crippen LogP contribution in [0.15, 0.2) is 4.90 Å². The van der Waals surface area contributed by atoms with Crippen LogP contribution in [0.3, 0.4) is 0 Å². The van der Waals surface area contributed by atoms with Crippen molar-refractivity contribution in [1.82, 2.24) is 15.1 Å². The van der Waals surface area contributed by atoms with Crippen LogP contribution < -0.4 is 5.32 Å². The maximum Gasteiger partial charge on any atom is 0.264 e. The Morgan fingerprint density at radius 1 is 1.38 bits per heavy atom. The zero-order valence-electron chi connectivity index (χ0n) is 12.8. The van der Waals surface area contributed by atoms with Gasteiger partial charge in [-0.3, -0.25) is 9.48 Å². The molecule has 0 aliphatic rings. The van der Waals surface area contributed by atoms with Gasteiger partial charge in [-0.1, -0.05) is 19.8 Å². The number of nitrogens with zero attached hydrogens (tertiary/aromatic N) is 2. The van der Waals surface area contributed by atoms with Gasteiger partial charge in [-0.25, -0.2) is 8.42 Å². The minimum Gasteiger partial charge on any atom is -0.354 e. The van der Waals surface area contributed by atoms with Crippen LogP contribution in [0, 0.1) is 13.8 Å². The molecular formula is C13H22ClN3O3S.